The number of rotatable bonds is 1. The van der Waals surface area contributed by atoms with Crippen molar-refractivity contribution in [2.45, 2.75) is 30.5 Å². The molecule has 0 amide bonds. The van der Waals surface area contributed by atoms with Gasteiger partial charge in [-0.15, -0.1) is 0 Å². The van der Waals surface area contributed by atoms with E-state index in [4.69, 9.17) is 4.74 Å². The molecule has 0 aliphatic carbocycles. The first-order chi connectivity index (χ1) is 9.66. The highest BCUT2D eigenvalue weighted by molar-refractivity contribution is 5.41. The lowest BCUT2D eigenvalue weighted by atomic mass is 9.77. The van der Waals surface area contributed by atoms with Crippen LogP contribution in [0.5, 0.6) is 0 Å². The van der Waals surface area contributed by atoms with Gasteiger partial charge in [0.25, 0.3) is 0 Å². The van der Waals surface area contributed by atoms with Crippen LogP contribution in [-0.2, 0) is 10.3 Å². The molecule has 20 heavy (non-hydrogen) atoms. The van der Waals surface area contributed by atoms with Crippen molar-refractivity contribution in [1.82, 2.24) is 14.3 Å². The summed E-state index contributed by atoms with van der Waals surface area (Å²) >= 11 is 0. The molecule has 2 atom stereocenters. The second-order valence-corrected chi connectivity index (χ2v) is 6.06. The van der Waals surface area contributed by atoms with Crippen molar-refractivity contribution in [3.05, 3.63) is 36.3 Å². The van der Waals surface area contributed by atoms with Crippen LogP contribution in [0.2, 0.25) is 0 Å². The van der Waals surface area contributed by atoms with Gasteiger partial charge in [0.15, 0.2) is 0 Å². The third-order valence-electron chi connectivity index (χ3n) is 4.85. The summed E-state index contributed by atoms with van der Waals surface area (Å²) in [6, 6.07) is 4.57. The molecule has 0 spiro atoms. The number of morpholine rings is 1. The molecule has 2 bridgehead atoms. The van der Waals surface area contributed by atoms with Crippen molar-refractivity contribution in [1.29, 1.82) is 0 Å². The van der Waals surface area contributed by atoms with Gasteiger partial charge in [-0.25, -0.2) is 4.98 Å². The van der Waals surface area contributed by atoms with Crippen LogP contribution in [0.4, 0.5) is 0 Å². The lowest BCUT2D eigenvalue weighted by Crippen LogP contribution is -2.59. The summed E-state index contributed by atoms with van der Waals surface area (Å²) in [6.07, 6.45) is 7.14. The first-order valence-electron chi connectivity index (χ1n) is 7.11. The Kier molecular flexibility index (Phi) is 2.64. The van der Waals surface area contributed by atoms with E-state index in [9.17, 15) is 5.11 Å². The van der Waals surface area contributed by atoms with Crippen molar-refractivity contribution >= 4 is 5.65 Å². The van der Waals surface area contributed by atoms with Crippen LogP contribution in [0.3, 0.4) is 0 Å². The first kappa shape index (κ1) is 12.3. The van der Waals surface area contributed by atoms with E-state index in [2.05, 4.69) is 16.9 Å². The molecule has 0 aromatic carbocycles. The van der Waals surface area contributed by atoms with Gasteiger partial charge in [-0.2, -0.15) is 0 Å². The molecule has 5 heteroatoms. The summed E-state index contributed by atoms with van der Waals surface area (Å²) < 4.78 is 7.60. The monoisotopic (exact) mass is 273 g/mol. The van der Waals surface area contributed by atoms with E-state index >= 15 is 0 Å². The van der Waals surface area contributed by atoms with Crippen LogP contribution < -0.4 is 0 Å². The van der Waals surface area contributed by atoms with Crippen molar-refractivity contribution in [2.75, 3.05) is 20.3 Å². The average Bonchev–Trinajstić information content (AvgIpc) is 2.88. The molecule has 0 saturated carbocycles. The Labute approximate surface area is 117 Å². The Morgan fingerprint density at radius 3 is 2.80 bits per heavy atom. The van der Waals surface area contributed by atoms with Crippen LogP contribution in [0.25, 0.3) is 5.65 Å². The Morgan fingerprint density at radius 2 is 2.05 bits per heavy atom. The third-order valence-corrected chi connectivity index (χ3v) is 4.85. The van der Waals surface area contributed by atoms with E-state index in [0.717, 1.165) is 24.1 Å². The zero-order chi connectivity index (χ0) is 13.7. The molecule has 2 aliphatic heterocycles. The molecular weight excluding hydrogens is 254 g/mol. The van der Waals surface area contributed by atoms with Crippen molar-refractivity contribution in [3.63, 3.8) is 0 Å². The number of hydrogen-bond donors (Lipinski definition) is 1. The van der Waals surface area contributed by atoms with Crippen molar-refractivity contribution < 1.29 is 9.84 Å². The fourth-order valence-corrected chi connectivity index (χ4v) is 3.57. The fourth-order valence-electron chi connectivity index (χ4n) is 3.57. The summed E-state index contributed by atoms with van der Waals surface area (Å²) in [5.41, 5.74) is 1.13. The Bertz CT molecular complexity index is 625. The van der Waals surface area contributed by atoms with Gasteiger partial charge in [0.2, 0.25) is 0 Å². The minimum Gasteiger partial charge on any atom is -0.385 e. The minimum absolute atomic E-state index is 0.297. The van der Waals surface area contributed by atoms with Gasteiger partial charge in [0.1, 0.15) is 5.65 Å². The quantitative estimate of drug-likeness (QED) is 0.842. The first-order valence-corrected chi connectivity index (χ1v) is 7.11. The Balaban J connectivity index is 1.72. The maximum atomic E-state index is 11.1. The van der Waals surface area contributed by atoms with Gasteiger partial charge in [0, 0.05) is 36.2 Å². The van der Waals surface area contributed by atoms with Gasteiger partial charge in [-0.3, -0.25) is 4.90 Å². The summed E-state index contributed by atoms with van der Waals surface area (Å²) in [5, 5.41) is 11.1. The maximum absolute atomic E-state index is 11.1. The molecule has 5 nitrogen and oxygen atoms in total. The number of fused-ring (bicyclic) bond motifs is 3. The van der Waals surface area contributed by atoms with Gasteiger partial charge < -0.3 is 14.2 Å². The Morgan fingerprint density at radius 1 is 1.30 bits per heavy atom. The van der Waals surface area contributed by atoms with E-state index in [0.29, 0.717) is 25.3 Å². The molecule has 2 aromatic rings. The van der Waals surface area contributed by atoms with Gasteiger partial charge in [0.05, 0.1) is 18.8 Å². The number of ether oxygens (including phenoxy) is 1. The number of pyridine rings is 1. The predicted octanol–water partition coefficient (Wildman–Crippen LogP) is 1.01. The zero-order valence-corrected chi connectivity index (χ0v) is 11.6. The topological polar surface area (TPSA) is 50.0 Å². The normalized spacial score (nSPS) is 34.5. The second kappa shape index (κ2) is 4.28. The van der Waals surface area contributed by atoms with E-state index in [-0.39, 0.29) is 0 Å². The maximum Gasteiger partial charge on any atom is 0.136 e. The van der Waals surface area contributed by atoms with E-state index < -0.39 is 5.60 Å². The molecule has 4 rings (SSSR count). The molecule has 2 fully saturated rings. The van der Waals surface area contributed by atoms with E-state index in [1.807, 2.05) is 28.9 Å². The molecule has 2 aromatic heterocycles. The number of hydrogen-bond acceptors (Lipinski definition) is 4. The van der Waals surface area contributed by atoms with Gasteiger partial charge in [-0.1, -0.05) is 6.07 Å². The smallest absolute Gasteiger partial charge is 0.136 e. The second-order valence-electron chi connectivity index (χ2n) is 6.06. The fraction of sp³-hybridized carbons (Fsp3) is 0.533. The van der Waals surface area contributed by atoms with Crippen LogP contribution in [0.15, 0.2) is 30.7 Å². The standard InChI is InChI=1S/C15H19N3O2/c1-17-12-6-15(19,7-13(17)10-20-9-12)11-2-3-14-16-4-5-18(14)8-11/h2-5,8,12-13,19H,6-7,9-10H2,1H3. The summed E-state index contributed by atoms with van der Waals surface area (Å²) in [6.45, 7) is 1.42. The number of aromatic nitrogens is 2. The van der Waals surface area contributed by atoms with Crippen LogP contribution >= 0.6 is 0 Å². The third kappa shape index (κ3) is 1.78. The van der Waals surface area contributed by atoms with E-state index in [1.165, 1.54) is 0 Å². The number of imidazole rings is 1. The van der Waals surface area contributed by atoms with Crippen molar-refractivity contribution in [2.24, 2.45) is 0 Å². The summed E-state index contributed by atoms with van der Waals surface area (Å²) in [5.74, 6) is 0. The van der Waals surface area contributed by atoms with Crippen LogP contribution in [-0.4, -0.2) is 51.7 Å². The largest absolute Gasteiger partial charge is 0.385 e. The molecule has 2 saturated heterocycles. The van der Waals surface area contributed by atoms with Gasteiger partial charge >= 0.3 is 0 Å². The molecule has 2 unspecified atom stereocenters. The lowest BCUT2D eigenvalue weighted by Gasteiger charge is -2.50. The molecule has 1 N–H and O–H groups in total. The molecule has 2 aliphatic rings. The van der Waals surface area contributed by atoms with Gasteiger partial charge in [-0.05, 0) is 26.0 Å². The zero-order valence-electron chi connectivity index (χ0n) is 11.6. The number of piperidine rings is 1. The highest BCUT2D eigenvalue weighted by atomic mass is 16.5. The highest BCUT2D eigenvalue weighted by Gasteiger charge is 2.45. The lowest BCUT2D eigenvalue weighted by molar-refractivity contribution is -0.137. The summed E-state index contributed by atoms with van der Waals surface area (Å²) in [7, 11) is 2.14. The number of likely N-dealkylation sites (N-methyl/N-ethyl adjacent to an activating group) is 1. The Hall–Kier alpha value is -1.43. The summed E-state index contributed by atoms with van der Waals surface area (Å²) in [4.78, 5) is 6.60. The molecule has 0 radical (unpaired) electrons. The molecule has 106 valence electrons. The number of aliphatic hydroxyl groups is 1. The van der Waals surface area contributed by atoms with E-state index in [1.54, 1.807) is 6.20 Å². The molecular formula is C15H19N3O2. The molecule has 4 heterocycles. The van der Waals surface area contributed by atoms with Crippen molar-refractivity contribution in [3.8, 4) is 0 Å². The predicted molar refractivity (Wildman–Crippen MR) is 74.5 cm³/mol. The highest BCUT2D eigenvalue weighted by Crippen LogP contribution is 2.40. The number of nitrogens with zero attached hydrogens (tertiary/aromatic N) is 3. The minimum atomic E-state index is -0.760. The average molecular weight is 273 g/mol. The van der Waals surface area contributed by atoms with Crippen LogP contribution in [0.1, 0.15) is 18.4 Å². The van der Waals surface area contributed by atoms with Crippen LogP contribution in [0, 0.1) is 0 Å². The SMILES string of the molecule is CN1C2COCC1CC(O)(c1ccc3nccn3c1)C2.